The van der Waals surface area contributed by atoms with Crippen LogP contribution in [0.25, 0.3) is 10.9 Å². The number of hydrogen-bond donors (Lipinski definition) is 6. The molecule has 4 aliphatic heterocycles. The maximum Gasteiger partial charge on any atom is 0.414 e. The highest BCUT2D eigenvalue weighted by Crippen LogP contribution is 2.41. The van der Waals surface area contributed by atoms with Crippen LogP contribution in [0.2, 0.25) is 0 Å². The summed E-state index contributed by atoms with van der Waals surface area (Å²) in [6, 6.07) is 8.43. The quantitative estimate of drug-likeness (QED) is 0.143. The molecule has 0 bridgehead atoms. The molecule has 0 saturated carbocycles. The smallest absolute Gasteiger partial charge is 0.414 e. The van der Waals surface area contributed by atoms with Crippen LogP contribution in [0.15, 0.2) is 42.7 Å². The maximum atomic E-state index is 13.1. The lowest BCUT2D eigenvalue weighted by atomic mass is 9.77. The van der Waals surface area contributed by atoms with Crippen molar-refractivity contribution in [3.8, 4) is 0 Å². The summed E-state index contributed by atoms with van der Waals surface area (Å²) in [5.41, 5.74) is -2.23. The summed E-state index contributed by atoms with van der Waals surface area (Å²) in [7, 11) is 5.29. The molecule has 1 aromatic carbocycles. The molecule has 3 aromatic rings. The van der Waals surface area contributed by atoms with E-state index in [4.69, 9.17) is 33.2 Å². The van der Waals surface area contributed by atoms with E-state index in [0.29, 0.717) is 44.7 Å². The highest BCUT2D eigenvalue weighted by molar-refractivity contribution is 6.01. The third-order valence-corrected chi connectivity index (χ3v) is 16.7. The Balaban J connectivity index is 1.10. The Kier molecular flexibility index (Phi) is 19.1. The molecule has 4 fully saturated rings. The van der Waals surface area contributed by atoms with Gasteiger partial charge in [-0.15, -0.1) is 5.10 Å². The third kappa shape index (κ3) is 13.2. The summed E-state index contributed by atoms with van der Waals surface area (Å²) < 4.78 is 46.1. The number of pyridine rings is 1. The average Bonchev–Trinajstić information content (AvgIpc) is 3.98. The predicted octanol–water partition coefficient (Wildman–Crippen LogP) is 3.47. The Labute approximate surface area is 442 Å². The number of carbonyl (C=O) groups is 1. The van der Waals surface area contributed by atoms with Crippen LogP contribution < -0.4 is 4.90 Å². The Hall–Kier alpha value is -3.52. The fourth-order valence-electron chi connectivity index (χ4n) is 12.1. The van der Waals surface area contributed by atoms with Crippen LogP contribution in [-0.4, -0.2) is 210 Å². The molecule has 0 aliphatic carbocycles. The van der Waals surface area contributed by atoms with E-state index in [0.717, 1.165) is 16.6 Å². The van der Waals surface area contributed by atoms with E-state index in [9.17, 15) is 35.4 Å². The fourth-order valence-corrected chi connectivity index (χ4v) is 12.1. The minimum absolute atomic E-state index is 0.120. The minimum Gasteiger partial charge on any atom is -0.442 e. The molecule has 6 heterocycles. The second-order valence-electron chi connectivity index (χ2n) is 23.0. The Morgan fingerprint density at radius 3 is 2.35 bits per heavy atom. The first kappa shape index (κ1) is 59.1. The number of anilines is 1. The van der Waals surface area contributed by atoms with Gasteiger partial charge in [0.05, 0.1) is 71.7 Å². The van der Waals surface area contributed by atoms with Gasteiger partial charge in [0.1, 0.15) is 30.0 Å². The number of benzene rings is 1. The molecule has 20 atom stereocenters. The van der Waals surface area contributed by atoms with Crippen molar-refractivity contribution in [3.05, 3.63) is 48.4 Å². The monoisotopic (exact) mass is 1060 g/mol. The highest BCUT2D eigenvalue weighted by Gasteiger charge is 2.53. The molecule has 7 rings (SSSR count). The van der Waals surface area contributed by atoms with Crippen molar-refractivity contribution in [3.63, 3.8) is 0 Å². The highest BCUT2D eigenvalue weighted by atomic mass is 16.7. The van der Waals surface area contributed by atoms with Gasteiger partial charge in [-0.25, -0.2) is 9.48 Å². The van der Waals surface area contributed by atoms with Gasteiger partial charge in [0.15, 0.2) is 18.9 Å². The molecule has 6 N–H and O–H groups in total. The first-order valence-corrected chi connectivity index (χ1v) is 26.9. The van der Waals surface area contributed by atoms with Gasteiger partial charge >= 0.3 is 6.09 Å². The fraction of sp³-hybridized carbons (Fsp3) is 0.778. The average molecular weight is 1060 g/mol. The van der Waals surface area contributed by atoms with Crippen molar-refractivity contribution in [1.29, 1.82) is 0 Å². The van der Waals surface area contributed by atoms with Gasteiger partial charge in [-0.05, 0) is 105 Å². The Bertz CT molecular complexity index is 2320. The van der Waals surface area contributed by atoms with Gasteiger partial charge in [-0.1, -0.05) is 39.0 Å². The molecule has 21 nitrogen and oxygen atoms in total. The number of carbonyl (C=O) groups excluding carboxylic acids is 1. The number of aliphatic hydroxyl groups is 6. The zero-order chi connectivity index (χ0) is 54.9. The van der Waals surface area contributed by atoms with Crippen molar-refractivity contribution in [1.82, 2.24) is 29.8 Å². The molecule has 4 aliphatic rings. The molecule has 0 radical (unpaired) electrons. The van der Waals surface area contributed by atoms with Crippen molar-refractivity contribution in [2.24, 2.45) is 17.8 Å². The number of ether oxygens (including phenoxy) is 7. The number of rotatable bonds is 13. The van der Waals surface area contributed by atoms with Gasteiger partial charge in [-0.3, -0.25) is 9.88 Å². The van der Waals surface area contributed by atoms with Crippen molar-refractivity contribution >= 4 is 22.7 Å². The van der Waals surface area contributed by atoms with E-state index in [1.807, 2.05) is 95.0 Å². The second kappa shape index (κ2) is 24.2. The van der Waals surface area contributed by atoms with Crippen LogP contribution >= 0.6 is 0 Å². The lowest BCUT2D eigenvalue weighted by molar-refractivity contribution is -0.326. The lowest BCUT2D eigenvalue weighted by Gasteiger charge is -2.49. The van der Waals surface area contributed by atoms with E-state index in [-0.39, 0.29) is 31.3 Å². The molecule has 1 amide bonds. The molecule has 21 heteroatoms. The number of nitrogens with zero attached hydrogens (tertiary/aromatic N) is 7. The number of aliphatic hydroxyl groups excluding tert-OH is 4. The van der Waals surface area contributed by atoms with Crippen LogP contribution in [0.4, 0.5) is 10.5 Å². The number of fused-ring (bicyclic) bond motifs is 1. The molecule has 0 unspecified atom stereocenters. The second-order valence-corrected chi connectivity index (χ2v) is 23.0. The molecule has 2 aromatic heterocycles. The first-order chi connectivity index (χ1) is 35.3. The number of methoxy groups -OCH3 is 1. The third-order valence-electron chi connectivity index (χ3n) is 16.7. The normalized spacial score (nSPS) is 41.1. The lowest BCUT2D eigenvalue weighted by Crippen LogP contribution is -2.61. The summed E-state index contributed by atoms with van der Waals surface area (Å²) in [5, 5.41) is 81.7. The number of aromatic nitrogens is 4. The molecule has 75 heavy (non-hydrogen) atoms. The summed E-state index contributed by atoms with van der Waals surface area (Å²) >= 11 is 0. The summed E-state index contributed by atoms with van der Waals surface area (Å²) in [6.45, 7) is 19.4. The SMILES string of the molecule is CC[C@H]1O[C@H](O)[C@H](C)[C@@H](O[C@H]2C[C@@](C)(OC)[C@@H](O)[C@H](C)O2)[C@H](C)[C@@H](O[C@@H]2O[C@H](C)C[C@H](N(C)CCc3cn(C[C@H]4CN(c5cccc6ncccc56)C(=O)O4)nn3)[C@H]2O)[C@](C)(O)C[C@@H](C)CN(C)[C@H](C)[C@@H](O)[C@]1(C)O. The first-order valence-electron chi connectivity index (χ1n) is 26.9. The summed E-state index contributed by atoms with van der Waals surface area (Å²) in [5.74, 6) is -1.84. The zero-order valence-electron chi connectivity index (χ0n) is 46.3. The van der Waals surface area contributed by atoms with Crippen molar-refractivity contribution in [2.45, 2.75) is 211 Å². The molecular formula is C54H87N7O14. The van der Waals surface area contributed by atoms with Crippen LogP contribution in [0.5, 0.6) is 0 Å². The van der Waals surface area contributed by atoms with Crippen LogP contribution in [-0.2, 0) is 46.1 Å². The topological polar surface area (TPSA) is 256 Å². The van der Waals surface area contributed by atoms with Gasteiger partial charge in [-0.2, -0.15) is 0 Å². The molecule has 4 saturated heterocycles. The van der Waals surface area contributed by atoms with Gasteiger partial charge < -0.3 is 73.6 Å². The predicted molar refractivity (Wildman–Crippen MR) is 277 cm³/mol. The summed E-state index contributed by atoms with van der Waals surface area (Å²) in [6.07, 6.45) is -7.16. The van der Waals surface area contributed by atoms with Gasteiger partial charge in [0.25, 0.3) is 0 Å². The molecule has 0 spiro atoms. The van der Waals surface area contributed by atoms with E-state index in [2.05, 4.69) is 15.3 Å². The Morgan fingerprint density at radius 1 is 0.907 bits per heavy atom. The maximum absolute atomic E-state index is 13.1. The Morgan fingerprint density at radius 2 is 1.64 bits per heavy atom. The van der Waals surface area contributed by atoms with Crippen LogP contribution in [0.1, 0.15) is 101 Å². The van der Waals surface area contributed by atoms with E-state index in [1.54, 1.807) is 43.5 Å². The summed E-state index contributed by atoms with van der Waals surface area (Å²) in [4.78, 5) is 23.1. The number of hydrogen-bond acceptors (Lipinski definition) is 19. The van der Waals surface area contributed by atoms with Crippen molar-refractivity contribution in [2.75, 3.05) is 45.7 Å². The largest absolute Gasteiger partial charge is 0.442 e. The van der Waals surface area contributed by atoms with E-state index >= 15 is 0 Å². The van der Waals surface area contributed by atoms with E-state index < -0.39 is 115 Å². The van der Waals surface area contributed by atoms with Crippen molar-refractivity contribution < 1.29 is 68.6 Å². The molecular weight excluding hydrogens is 971 g/mol. The molecule has 422 valence electrons. The van der Waals surface area contributed by atoms with Gasteiger partial charge in [0.2, 0.25) is 0 Å². The standard InChI is InChI=1S/C54H87N7O14/c1-14-42-54(10,68)46(63)34(6)59(12)26-30(2)24-52(8,67)48(32(4)45(33(5)49(65)73-42)74-43-25-53(9,69-13)47(64)35(7)71-43)75-50-44(62)41(23-31(3)70-50)58(11)22-20-36-27-60(57-56-36)28-37-29-61(51(66)72-37)40-19-15-18-39-38(40)17-16-21-55-39/h15-19,21,27,30-35,37,41-50,62-65,67-68H,14,20,22-26,28-29H2,1-13H3/t30-,31-,32+,33-,34-,35+,37+,41+,42-,43+,44-,45+,46-,47+,48-,49+,50+,52-,53-,54-/m1/s1. The van der Waals surface area contributed by atoms with Crippen LogP contribution in [0.3, 0.4) is 0 Å². The van der Waals surface area contributed by atoms with Crippen LogP contribution in [0, 0.1) is 17.8 Å². The van der Waals surface area contributed by atoms with Gasteiger partial charge in [0, 0.05) is 74.7 Å². The number of amides is 1. The zero-order valence-corrected chi connectivity index (χ0v) is 46.3. The number of likely N-dealkylation sites (N-methyl/N-ethyl adjacent to an activating group) is 2. The number of cyclic esters (lactones) is 1. The van der Waals surface area contributed by atoms with E-state index in [1.165, 1.54) is 14.0 Å². The minimum atomic E-state index is -1.79.